The first-order chi connectivity index (χ1) is 11.3. The summed E-state index contributed by atoms with van der Waals surface area (Å²) in [4.78, 5) is 24.1. The van der Waals surface area contributed by atoms with Crippen LogP contribution in [0.15, 0.2) is 40.9 Å². The number of imide groups is 1. The Kier molecular flexibility index (Phi) is 5.96. The van der Waals surface area contributed by atoms with Gasteiger partial charge in [0.05, 0.1) is 10.6 Å². The van der Waals surface area contributed by atoms with Gasteiger partial charge in [-0.1, -0.05) is 43.6 Å². The lowest BCUT2D eigenvalue weighted by molar-refractivity contribution is 0.0963. The summed E-state index contributed by atoms with van der Waals surface area (Å²) in [5.74, 6) is -1.57. The molecule has 0 spiro atoms. The predicted molar refractivity (Wildman–Crippen MR) is 96.1 cm³/mol. The molecule has 24 heavy (non-hydrogen) atoms. The molecule has 0 radical (unpaired) electrons. The van der Waals surface area contributed by atoms with Crippen LogP contribution in [0.1, 0.15) is 35.7 Å². The molecule has 2 aromatic carbocycles. The number of benzene rings is 2. The van der Waals surface area contributed by atoms with Crippen LogP contribution in [0.3, 0.4) is 0 Å². The summed E-state index contributed by atoms with van der Waals surface area (Å²) in [6.45, 7) is 3.98. The second-order valence-electron chi connectivity index (χ2n) is 5.37. The molecule has 7 heteroatoms. The molecule has 0 aliphatic carbocycles. The van der Waals surface area contributed by atoms with Crippen LogP contribution >= 0.6 is 27.5 Å². The molecule has 126 valence electrons. The van der Waals surface area contributed by atoms with Gasteiger partial charge in [-0.2, -0.15) is 0 Å². The van der Waals surface area contributed by atoms with Crippen molar-refractivity contribution in [2.24, 2.45) is 0 Å². The summed E-state index contributed by atoms with van der Waals surface area (Å²) in [7, 11) is 0. The number of rotatable bonds is 3. The lowest BCUT2D eigenvalue weighted by Crippen LogP contribution is -2.35. The van der Waals surface area contributed by atoms with Gasteiger partial charge in [-0.3, -0.25) is 10.1 Å². The lowest BCUT2D eigenvalue weighted by Gasteiger charge is -2.14. The first-order valence-corrected chi connectivity index (χ1v) is 8.33. The highest BCUT2D eigenvalue weighted by Crippen LogP contribution is 2.27. The largest absolute Gasteiger partial charge is 0.326 e. The van der Waals surface area contributed by atoms with Crippen molar-refractivity contribution in [2.75, 3.05) is 5.32 Å². The molecule has 0 fully saturated rings. The van der Waals surface area contributed by atoms with E-state index in [9.17, 15) is 14.0 Å². The van der Waals surface area contributed by atoms with Crippen molar-refractivity contribution in [2.45, 2.75) is 19.8 Å². The number of carbonyl (C=O) groups is 2. The Labute approximate surface area is 152 Å². The second kappa shape index (κ2) is 7.77. The highest BCUT2D eigenvalue weighted by atomic mass is 79.9. The van der Waals surface area contributed by atoms with Crippen molar-refractivity contribution in [1.29, 1.82) is 0 Å². The third-order valence-electron chi connectivity index (χ3n) is 3.34. The van der Waals surface area contributed by atoms with Crippen LogP contribution in [0.4, 0.5) is 14.9 Å². The Bertz CT molecular complexity index is 796. The highest BCUT2D eigenvalue weighted by molar-refractivity contribution is 9.10. The van der Waals surface area contributed by atoms with Crippen molar-refractivity contribution in [1.82, 2.24) is 5.32 Å². The number of urea groups is 1. The fourth-order valence-corrected chi connectivity index (χ4v) is 2.61. The first kappa shape index (κ1) is 18.4. The molecule has 0 unspecified atom stereocenters. The summed E-state index contributed by atoms with van der Waals surface area (Å²) >= 11 is 8.81. The van der Waals surface area contributed by atoms with Gasteiger partial charge in [0.25, 0.3) is 5.91 Å². The van der Waals surface area contributed by atoms with E-state index in [0.717, 1.165) is 5.56 Å². The molecule has 0 aromatic heterocycles. The van der Waals surface area contributed by atoms with Crippen molar-refractivity contribution in [3.05, 3.63) is 62.8 Å². The minimum atomic E-state index is -0.890. The number of amides is 3. The number of hydrogen-bond acceptors (Lipinski definition) is 2. The summed E-state index contributed by atoms with van der Waals surface area (Å²) in [6.07, 6.45) is 0. The van der Waals surface area contributed by atoms with Gasteiger partial charge in [-0.15, -0.1) is 0 Å². The summed E-state index contributed by atoms with van der Waals surface area (Å²) in [5.41, 5.74) is 1.21. The van der Waals surface area contributed by atoms with Crippen molar-refractivity contribution >= 4 is 45.2 Å². The van der Waals surface area contributed by atoms with Crippen LogP contribution < -0.4 is 10.6 Å². The molecule has 0 saturated heterocycles. The molecule has 4 nitrogen and oxygen atoms in total. The fourth-order valence-electron chi connectivity index (χ4n) is 2.14. The van der Waals surface area contributed by atoms with E-state index in [0.29, 0.717) is 10.2 Å². The summed E-state index contributed by atoms with van der Waals surface area (Å²) < 4.78 is 14.3. The Hall–Kier alpha value is -1.92. The topological polar surface area (TPSA) is 58.2 Å². The molecular weight excluding hydrogens is 399 g/mol. The van der Waals surface area contributed by atoms with Gasteiger partial charge in [0, 0.05) is 10.2 Å². The van der Waals surface area contributed by atoms with Gasteiger partial charge >= 0.3 is 6.03 Å². The standard InChI is InChI=1S/C17H15BrClFN2O2/c1-9(2)10-5-3-4-6-13(10)21-17(24)22-16(23)11-7-8-12(18)14(19)15(11)20/h3-9H,1-2H3,(H2,21,22,23,24). The first-order valence-electron chi connectivity index (χ1n) is 7.16. The van der Waals surface area contributed by atoms with Crippen LogP contribution in [-0.4, -0.2) is 11.9 Å². The van der Waals surface area contributed by atoms with Crippen LogP contribution in [-0.2, 0) is 0 Å². The number of halogens is 3. The number of nitrogens with one attached hydrogen (secondary N) is 2. The van der Waals surface area contributed by atoms with Gasteiger partial charge in [0.1, 0.15) is 0 Å². The Balaban J connectivity index is 2.13. The van der Waals surface area contributed by atoms with E-state index in [1.54, 1.807) is 12.1 Å². The molecule has 0 bridgehead atoms. The normalized spacial score (nSPS) is 10.6. The van der Waals surface area contributed by atoms with Crippen molar-refractivity contribution in [3.8, 4) is 0 Å². The maximum absolute atomic E-state index is 14.0. The van der Waals surface area contributed by atoms with Gasteiger partial charge in [0.2, 0.25) is 0 Å². The number of anilines is 1. The van der Waals surface area contributed by atoms with E-state index >= 15 is 0 Å². The maximum Gasteiger partial charge on any atom is 0.326 e. The Morgan fingerprint density at radius 2 is 1.83 bits per heavy atom. The monoisotopic (exact) mass is 412 g/mol. The second-order valence-corrected chi connectivity index (χ2v) is 6.61. The number of para-hydroxylation sites is 1. The van der Waals surface area contributed by atoms with Crippen LogP contribution in [0.5, 0.6) is 0 Å². The van der Waals surface area contributed by atoms with E-state index in [1.165, 1.54) is 12.1 Å². The van der Waals surface area contributed by atoms with Gasteiger partial charge in [-0.05, 0) is 45.6 Å². The molecule has 2 rings (SSSR count). The molecule has 0 saturated carbocycles. The van der Waals surface area contributed by atoms with E-state index in [1.807, 2.05) is 26.0 Å². The van der Waals surface area contributed by atoms with Crippen LogP contribution in [0.25, 0.3) is 0 Å². The van der Waals surface area contributed by atoms with E-state index in [4.69, 9.17) is 11.6 Å². The average Bonchev–Trinajstić information content (AvgIpc) is 2.52. The number of hydrogen-bond donors (Lipinski definition) is 2. The third-order valence-corrected chi connectivity index (χ3v) is 4.60. The van der Waals surface area contributed by atoms with Gasteiger partial charge in [0.15, 0.2) is 5.82 Å². The van der Waals surface area contributed by atoms with Gasteiger partial charge in [-0.25, -0.2) is 9.18 Å². The predicted octanol–water partition coefficient (Wildman–Crippen LogP) is 5.33. The molecule has 2 N–H and O–H groups in total. The third kappa shape index (κ3) is 4.13. The van der Waals surface area contributed by atoms with Crippen molar-refractivity contribution in [3.63, 3.8) is 0 Å². The van der Waals surface area contributed by atoms with Crippen molar-refractivity contribution < 1.29 is 14.0 Å². The molecule has 0 atom stereocenters. The molecule has 0 aliphatic heterocycles. The smallest absolute Gasteiger partial charge is 0.307 e. The molecular formula is C17H15BrClFN2O2. The van der Waals surface area contributed by atoms with Crippen LogP contribution in [0.2, 0.25) is 5.02 Å². The fraction of sp³-hybridized carbons (Fsp3) is 0.176. The van der Waals surface area contributed by atoms with E-state index in [-0.39, 0.29) is 16.5 Å². The minimum Gasteiger partial charge on any atom is -0.307 e. The zero-order chi connectivity index (χ0) is 17.9. The Morgan fingerprint density at radius 1 is 1.17 bits per heavy atom. The minimum absolute atomic E-state index is 0.194. The highest BCUT2D eigenvalue weighted by Gasteiger charge is 2.19. The van der Waals surface area contributed by atoms with Crippen LogP contribution in [0, 0.1) is 5.82 Å². The quantitative estimate of drug-likeness (QED) is 0.668. The lowest BCUT2D eigenvalue weighted by atomic mass is 10.0. The number of carbonyl (C=O) groups excluding carboxylic acids is 2. The SMILES string of the molecule is CC(C)c1ccccc1NC(=O)NC(=O)c1ccc(Br)c(Cl)c1F. The molecule has 2 aromatic rings. The molecule has 0 aliphatic rings. The summed E-state index contributed by atoms with van der Waals surface area (Å²) in [5, 5.41) is 4.48. The molecule has 3 amide bonds. The van der Waals surface area contributed by atoms with E-state index in [2.05, 4.69) is 26.6 Å². The maximum atomic E-state index is 14.0. The zero-order valence-electron chi connectivity index (χ0n) is 13.0. The average molecular weight is 414 g/mol. The Morgan fingerprint density at radius 3 is 2.50 bits per heavy atom. The molecule has 0 heterocycles. The summed E-state index contributed by atoms with van der Waals surface area (Å²) in [6, 6.07) is 9.20. The zero-order valence-corrected chi connectivity index (χ0v) is 15.3. The van der Waals surface area contributed by atoms with Gasteiger partial charge < -0.3 is 5.32 Å². The van der Waals surface area contributed by atoms with E-state index < -0.39 is 17.8 Å².